The van der Waals surface area contributed by atoms with Crippen molar-refractivity contribution in [2.24, 2.45) is 16.2 Å². The van der Waals surface area contributed by atoms with Gasteiger partial charge in [-0.15, -0.1) is 0 Å². The molecule has 0 radical (unpaired) electrons. The second-order valence-corrected chi connectivity index (χ2v) is 31.2. The Morgan fingerprint density at radius 1 is 0.411 bits per heavy atom. The number of hydrogen-bond donors (Lipinski definition) is 0. The molecule has 6 saturated heterocycles. The summed E-state index contributed by atoms with van der Waals surface area (Å²) < 4.78 is 105. The molecule has 9 aliphatic rings. The molecule has 6 amide bonds. The maximum absolute atomic E-state index is 13.5. The number of hydrogen-bond acceptors (Lipinski definition) is 18. The number of nitrogens with zero attached hydrogens (tertiary/aromatic N) is 12. The van der Waals surface area contributed by atoms with Crippen molar-refractivity contribution >= 4 is 35.4 Å². The fraction of sp³-hybridized carbons (Fsp3) is 0.561. The summed E-state index contributed by atoms with van der Waals surface area (Å²) in [5.74, 6) is -0.403. The third-order valence-electron chi connectivity index (χ3n) is 22.4. The molecule has 24 nitrogen and oxygen atoms in total. The Hall–Kier alpha value is -9.42. The van der Waals surface area contributed by atoms with Crippen LogP contribution in [-0.4, -0.2) is 213 Å². The molecule has 0 spiro atoms. The molecule has 5 aromatic heterocycles. The van der Waals surface area contributed by atoms with Gasteiger partial charge >= 0.3 is 43.9 Å². The Bertz CT molecular complexity index is 3850. The molecule has 1 aromatic carbocycles. The number of ether oxygens (including phenoxy) is 6. The van der Waals surface area contributed by atoms with Gasteiger partial charge in [-0.1, -0.05) is 43.8 Å². The lowest BCUT2D eigenvalue weighted by molar-refractivity contribution is -0.121. The molecule has 112 heavy (non-hydrogen) atoms. The van der Waals surface area contributed by atoms with E-state index in [0.29, 0.717) is 115 Å². The van der Waals surface area contributed by atoms with Gasteiger partial charge in [0.1, 0.15) is 23.1 Å². The van der Waals surface area contributed by atoms with Crippen molar-refractivity contribution < 1.29 is 83.5 Å². The monoisotopic (exact) mass is 1560 g/mol. The van der Waals surface area contributed by atoms with Crippen molar-refractivity contribution in [3.05, 3.63) is 159 Å². The molecule has 0 unspecified atom stereocenters. The number of Topliss-reactive ketones (excluding diaryl/α,β-unsaturated/α-hetero) is 3. The zero-order valence-electron chi connectivity index (χ0n) is 63.0. The second-order valence-electron chi connectivity index (χ2n) is 31.2. The van der Waals surface area contributed by atoms with Crippen LogP contribution >= 0.6 is 0 Å². The molecule has 6 fully saturated rings. The van der Waals surface area contributed by atoms with Crippen molar-refractivity contribution in [3.63, 3.8) is 0 Å². The van der Waals surface area contributed by atoms with E-state index < -0.39 is 44.0 Å². The van der Waals surface area contributed by atoms with Crippen LogP contribution in [0.3, 0.4) is 0 Å². The van der Waals surface area contributed by atoms with E-state index in [4.69, 9.17) is 29.2 Å². The first-order chi connectivity index (χ1) is 53.4. The number of alkyl halides is 6. The van der Waals surface area contributed by atoms with Gasteiger partial charge in [0.2, 0.25) is 5.88 Å². The molecule has 602 valence electrons. The number of pyridine rings is 4. The third kappa shape index (κ3) is 20.3. The lowest BCUT2D eigenvalue weighted by Gasteiger charge is -2.43. The number of carbonyl (C=O) groups excluding carboxylic acids is 6. The van der Waals surface area contributed by atoms with E-state index in [1.54, 1.807) is 32.9 Å². The van der Waals surface area contributed by atoms with Crippen LogP contribution in [0.2, 0.25) is 0 Å². The number of aromatic nitrogens is 6. The first-order valence-electron chi connectivity index (χ1n) is 38.5. The van der Waals surface area contributed by atoms with Crippen LogP contribution in [0.5, 0.6) is 17.6 Å². The highest BCUT2D eigenvalue weighted by molar-refractivity contribution is 5.82. The smallest absolute Gasteiger partial charge is 0.389 e. The lowest BCUT2D eigenvalue weighted by Crippen LogP contribution is -2.53. The van der Waals surface area contributed by atoms with E-state index in [9.17, 15) is 55.1 Å². The van der Waals surface area contributed by atoms with Gasteiger partial charge in [0.15, 0.2) is 0 Å². The highest BCUT2D eigenvalue weighted by atomic mass is 19.3. The van der Waals surface area contributed by atoms with E-state index in [0.717, 1.165) is 74.9 Å². The summed E-state index contributed by atoms with van der Waals surface area (Å²) in [6.45, 7) is 3.55. The van der Waals surface area contributed by atoms with E-state index in [2.05, 4.69) is 65.6 Å². The van der Waals surface area contributed by atoms with E-state index in [-0.39, 0.29) is 90.0 Å². The van der Waals surface area contributed by atoms with Gasteiger partial charge in [0, 0.05) is 178 Å². The molecule has 30 heteroatoms. The summed E-state index contributed by atoms with van der Waals surface area (Å²) in [6.07, 6.45) is 20.2. The van der Waals surface area contributed by atoms with Crippen molar-refractivity contribution in [1.29, 1.82) is 0 Å². The topological polar surface area (TPSA) is 255 Å². The maximum atomic E-state index is 13.5. The van der Waals surface area contributed by atoms with Crippen LogP contribution in [0.4, 0.5) is 40.7 Å². The number of aryl methyl sites for hydroxylation is 6. The van der Waals surface area contributed by atoms with Gasteiger partial charge < -0.3 is 57.8 Å². The lowest BCUT2D eigenvalue weighted by atomic mass is 9.80. The molecule has 6 aromatic rings. The second kappa shape index (κ2) is 36.6. The molecule has 0 bridgehead atoms. The third-order valence-corrected chi connectivity index (χ3v) is 22.4. The van der Waals surface area contributed by atoms with Gasteiger partial charge in [-0.25, -0.2) is 29.3 Å². The Morgan fingerprint density at radius 2 is 0.750 bits per heavy atom. The predicted octanol–water partition coefficient (Wildman–Crippen LogP) is 12.6. The number of carbonyl (C=O) groups is 6. The largest absolute Gasteiger partial charge is 0.435 e. The van der Waals surface area contributed by atoms with Crippen LogP contribution in [0.25, 0.3) is 0 Å². The van der Waals surface area contributed by atoms with Gasteiger partial charge in [0.25, 0.3) is 0 Å². The van der Waals surface area contributed by atoms with Gasteiger partial charge in [0.05, 0.1) is 57.8 Å². The summed E-state index contributed by atoms with van der Waals surface area (Å²) in [5.41, 5.74) is 12.0. The predicted molar refractivity (Wildman–Crippen MR) is 398 cm³/mol. The average Bonchev–Trinajstić information content (AvgIpc) is 1.77. The standard InChI is InChI=1S/C28H33F2N3O4.C27H32F2N4O4.C26H31F2N5O4.CH4/c1-19(34)14-25(21-7-10-23(11-8-21)37-26(29)30)33-13-12-32(27(33)35)16-28(17-36-18-28)15-22-9-6-20-4-2-3-5-24(20)31-22;1-18(34)12-23(20-7-9-24(30-14-20)37-25(28)29)33-11-10-32(26(33)35)15-27(16-36-17-27)13-21-8-6-19-4-2-3-5-22(19)31-21;1-17(34)10-22(19-12-29-24(30-13-19)37-23(27)28)33-9-8-32(25(33)35)14-26(15-36-16-26)11-20-7-6-18-4-2-3-5-21(18)31-20;/h6-11,25-26H,2-5,12-18H2,1H3;6-9,14,23,25H,2-5,10-13,15-17H2,1H3;6-7,12-13,22-23H,2-5,8-11,14-16H2,1H3;1H4/t25-;23-;22-;/m000./s1. The first kappa shape index (κ1) is 82.0. The average molecular weight is 1560 g/mol. The fourth-order valence-corrected chi connectivity index (χ4v) is 16.9. The fourth-order valence-electron chi connectivity index (χ4n) is 16.9. The molecular weight excluding hydrogens is 1460 g/mol. The molecule has 3 atom stereocenters. The molecule has 0 saturated carbocycles. The van der Waals surface area contributed by atoms with Crippen molar-refractivity contribution in [1.82, 2.24) is 59.3 Å². The number of halogens is 6. The summed E-state index contributed by atoms with van der Waals surface area (Å²) in [6, 6.07) is 19.5. The summed E-state index contributed by atoms with van der Waals surface area (Å²) in [7, 11) is 0. The van der Waals surface area contributed by atoms with Gasteiger partial charge in [-0.2, -0.15) is 26.3 Å². The number of amides is 6. The number of fused-ring (bicyclic) bond motifs is 3. The molecule has 3 aliphatic carbocycles. The van der Waals surface area contributed by atoms with Crippen LogP contribution in [0.15, 0.2) is 91.4 Å². The van der Waals surface area contributed by atoms with Crippen LogP contribution < -0.4 is 14.2 Å². The highest BCUT2D eigenvalue weighted by Gasteiger charge is 2.49. The van der Waals surface area contributed by atoms with Crippen LogP contribution in [0, 0.1) is 16.2 Å². The first-order valence-corrected chi connectivity index (χ1v) is 38.5. The zero-order valence-corrected chi connectivity index (χ0v) is 63.0. The van der Waals surface area contributed by atoms with Crippen molar-refractivity contribution in [3.8, 4) is 17.6 Å². The summed E-state index contributed by atoms with van der Waals surface area (Å²) >= 11 is 0. The number of benzene rings is 1. The molecule has 0 N–H and O–H groups in total. The minimum Gasteiger partial charge on any atom is -0.435 e. The maximum Gasteiger partial charge on any atom is 0.389 e. The van der Waals surface area contributed by atoms with E-state index >= 15 is 0 Å². The van der Waals surface area contributed by atoms with Crippen molar-refractivity contribution in [2.75, 3.05) is 98.5 Å². The number of ketones is 3. The summed E-state index contributed by atoms with van der Waals surface area (Å²) in [5, 5.41) is 0. The Kier molecular flexibility index (Phi) is 26.8. The molecule has 15 rings (SSSR count). The highest BCUT2D eigenvalue weighted by Crippen LogP contribution is 2.41. The summed E-state index contributed by atoms with van der Waals surface area (Å²) in [4.78, 5) is 114. The van der Waals surface area contributed by atoms with E-state index in [1.807, 2.05) is 14.7 Å². The quantitative estimate of drug-likeness (QED) is 0.0380. The molecular formula is C82H100F6N12O12. The molecule has 11 heterocycles. The Labute approximate surface area is 648 Å². The van der Waals surface area contributed by atoms with Crippen LogP contribution in [-0.2, 0) is 86.4 Å². The van der Waals surface area contributed by atoms with Gasteiger partial charge in [-0.3, -0.25) is 29.3 Å². The number of rotatable bonds is 30. The Balaban J connectivity index is 0.000000155. The van der Waals surface area contributed by atoms with Gasteiger partial charge in [-0.05, 0) is 156 Å². The SMILES string of the molecule is C.CC(=O)C[C@@H](c1ccc(OC(F)F)cc1)N1CCN(CC2(Cc3ccc4c(n3)CCCC4)COC2)C1=O.CC(=O)C[C@@H](c1ccc(OC(F)F)nc1)N1CCN(CC2(Cc3ccc4c(n3)CCCC4)COC2)C1=O.CC(=O)C[C@@H](c1cnc(OC(F)F)nc1)N1CCN(CC2(Cc3ccc4c(n3)CCCC4)COC2)C1=O. The minimum atomic E-state index is -3.04. The zero-order chi connectivity index (χ0) is 78.0. The Morgan fingerprint density at radius 3 is 1.08 bits per heavy atom. The minimum absolute atomic E-state index is 0. The van der Waals surface area contributed by atoms with E-state index in [1.165, 1.54) is 130 Å². The van der Waals surface area contributed by atoms with Crippen LogP contribution in [0.1, 0.15) is 172 Å². The number of urea groups is 3. The normalized spacial score (nSPS) is 19.3. The van der Waals surface area contributed by atoms with Crippen molar-refractivity contribution in [2.45, 2.75) is 182 Å². The molecule has 6 aliphatic heterocycles.